The minimum atomic E-state index is 0.277. The monoisotopic (exact) mass is 238 g/mol. The topological polar surface area (TPSA) is 68.0 Å². The number of fused-ring (bicyclic) bond motifs is 1. The lowest BCUT2D eigenvalue weighted by Gasteiger charge is -2.12. The summed E-state index contributed by atoms with van der Waals surface area (Å²) in [4.78, 5) is 0. The zero-order chi connectivity index (χ0) is 11.0. The molecule has 2 aromatic rings. The molecule has 6 nitrogen and oxygen atoms in total. The third-order valence-electron chi connectivity index (χ3n) is 2.95. The van der Waals surface area contributed by atoms with Crippen LogP contribution in [0.25, 0.3) is 5.65 Å². The number of halogens is 1. The highest BCUT2D eigenvalue weighted by Crippen LogP contribution is 2.46. The number of aromatic nitrogens is 5. The first-order valence-corrected chi connectivity index (χ1v) is 5.70. The molecule has 3 rings (SSSR count). The van der Waals surface area contributed by atoms with E-state index >= 15 is 0 Å². The fourth-order valence-electron chi connectivity index (χ4n) is 1.56. The molecule has 0 atom stereocenters. The van der Waals surface area contributed by atoms with E-state index in [9.17, 15) is 0 Å². The first-order valence-electron chi connectivity index (χ1n) is 5.17. The number of nitrogens with one attached hydrogen (secondary N) is 1. The second kappa shape index (κ2) is 3.55. The van der Waals surface area contributed by atoms with Crippen molar-refractivity contribution in [3.05, 3.63) is 12.1 Å². The van der Waals surface area contributed by atoms with Gasteiger partial charge >= 0.3 is 0 Å². The molecule has 16 heavy (non-hydrogen) atoms. The van der Waals surface area contributed by atoms with E-state index in [0.29, 0.717) is 11.5 Å². The van der Waals surface area contributed by atoms with Crippen LogP contribution >= 0.6 is 11.6 Å². The Hall–Kier alpha value is -1.43. The predicted molar refractivity (Wildman–Crippen MR) is 59.5 cm³/mol. The third-order valence-corrected chi connectivity index (χ3v) is 3.52. The minimum absolute atomic E-state index is 0.277. The Morgan fingerprint density at radius 3 is 3.06 bits per heavy atom. The first kappa shape index (κ1) is 9.77. The van der Waals surface area contributed by atoms with Gasteiger partial charge in [-0.05, 0) is 35.4 Å². The van der Waals surface area contributed by atoms with Gasteiger partial charge in [-0.2, -0.15) is 0 Å². The summed E-state index contributed by atoms with van der Waals surface area (Å²) in [6.45, 7) is 0.858. The van der Waals surface area contributed by atoms with E-state index in [2.05, 4.69) is 25.9 Å². The molecule has 0 saturated heterocycles. The smallest absolute Gasteiger partial charge is 0.200 e. The molecule has 2 aromatic heterocycles. The van der Waals surface area contributed by atoms with Crippen molar-refractivity contribution in [2.24, 2.45) is 5.41 Å². The highest BCUT2D eigenvalue weighted by molar-refractivity contribution is 6.18. The molecule has 0 radical (unpaired) electrons. The summed E-state index contributed by atoms with van der Waals surface area (Å²) >= 11 is 5.90. The van der Waals surface area contributed by atoms with Crippen LogP contribution in [-0.2, 0) is 0 Å². The molecule has 0 bridgehead atoms. The molecule has 0 amide bonds. The largest absolute Gasteiger partial charge is 0.368 e. The third kappa shape index (κ3) is 1.69. The first-order chi connectivity index (χ1) is 7.81. The number of alkyl halides is 1. The molecule has 1 aliphatic rings. The molecule has 0 unspecified atom stereocenters. The summed E-state index contributed by atoms with van der Waals surface area (Å²) < 4.78 is 1.41. The highest BCUT2D eigenvalue weighted by Gasteiger charge is 2.41. The minimum Gasteiger partial charge on any atom is -0.368 e. The molecule has 1 saturated carbocycles. The van der Waals surface area contributed by atoms with Crippen molar-refractivity contribution in [1.82, 2.24) is 25.3 Å². The molecule has 0 aliphatic heterocycles. The summed E-state index contributed by atoms with van der Waals surface area (Å²) in [7, 11) is 0. The van der Waals surface area contributed by atoms with Crippen LogP contribution in [0.1, 0.15) is 12.8 Å². The summed E-state index contributed by atoms with van der Waals surface area (Å²) in [5, 5.41) is 18.6. The van der Waals surface area contributed by atoms with Crippen LogP contribution in [0, 0.1) is 5.41 Å². The van der Waals surface area contributed by atoms with E-state index in [1.807, 2.05) is 12.1 Å². The maximum atomic E-state index is 5.90. The molecule has 0 aromatic carbocycles. The zero-order valence-corrected chi connectivity index (χ0v) is 9.35. The van der Waals surface area contributed by atoms with E-state index in [0.717, 1.165) is 12.4 Å². The van der Waals surface area contributed by atoms with Crippen LogP contribution in [0.15, 0.2) is 12.1 Å². The van der Waals surface area contributed by atoms with Crippen molar-refractivity contribution in [2.45, 2.75) is 12.8 Å². The fourth-order valence-corrected chi connectivity index (χ4v) is 1.92. The SMILES string of the molecule is ClCC1(CNc2ccc3nnnn3n2)CC1. The van der Waals surface area contributed by atoms with E-state index < -0.39 is 0 Å². The predicted octanol–water partition coefficient (Wildman–Crippen LogP) is 0.950. The quantitative estimate of drug-likeness (QED) is 0.804. The van der Waals surface area contributed by atoms with Crippen LogP contribution < -0.4 is 5.32 Å². The fraction of sp³-hybridized carbons (Fsp3) is 0.556. The molecule has 0 spiro atoms. The Morgan fingerprint density at radius 1 is 1.44 bits per heavy atom. The van der Waals surface area contributed by atoms with Gasteiger partial charge < -0.3 is 5.32 Å². The van der Waals surface area contributed by atoms with Crippen molar-refractivity contribution in [3.63, 3.8) is 0 Å². The second-order valence-corrected chi connectivity index (χ2v) is 4.50. The van der Waals surface area contributed by atoms with Gasteiger partial charge in [0.25, 0.3) is 0 Å². The lowest BCUT2D eigenvalue weighted by atomic mass is 10.1. The van der Waals surface area contributed by atoms with Crippen molar-refractivity contribution in [1.29, 1.82) is 0 Å². The Labute approximate surface area is 97.0 Å². The van der Waals surface area contributed by atoms with Gasteiger partial charge in [0.15, 0.2) is 5.65 Å². The van der Waals surface area contributed by atoms with Gasteiger partial charge in [0, 0.05) is 17.8 Å². The van der Waals surface area contributed by atoms with Gasteiger partial charge in [0.05, 0.1) is 0 Å². The average Bonchev–Trinajstić information content (AvgIpc) is 2.96. The van der Waals surface area contributed by atoms with Gasteiger partial charge in [-0.15, -0.1) is 26.4 Å². The Bertz CT molecular complexity index is 505. The van der Waals surface area contributed by atoms with Crippen molar-refractivity contribution >= 4 is 23.1 Å². The van der Waals surface area contributed by atoms with Crippen molar-refractivity contribution in [3.8, 4) is 0 Å². The number of hydrogen-bond acceptors (Lipinski definition) is 5. The van der Waals surface area contributed by atoms with Crippen LogP contribution in [0.4, 0.5) is 5.82 Å². The number of nitrogens with zero attached hydrogens (tertiary/aromatic N) is 5. The van der Waals surface area contributed by atoms with Gasteiger partial charge in [-0.25, -0.2) is 0 Å². The van der Waals surface area contributed by atoms with Crippen LogP contribution in [0.3, 0.4) is 0 Å². The van der Waals surface area contributed by atoms with Crippen LogP contribution in [0.2, 0.25) is 0 Å². The Morgan fingerprint density at radius 2 is 2.31 bits per heavy atom. The molecule has 84 valence electrons. The van der Waals surface area contributed by atoms with Crippen LogP contribution in [0.5, 0.6) is 0 Å². The van der Waals surface area contributed by atoms with Crippen molar-refractivity contribution in [2.75, 3.05) is 17.7 Å². The lowest BCUT2D eigenvalue weighted by Crippen LogP contribution is -2.18. The Kier molecular flexibility index (Phi) is 2.17. The highest BCUT2D eigenvalue weighted by atomic mass is 35.5. The normalized spacial score (nSPS) is 17.6. The summed E-state index contributed by atoms with van der Waals surface area (Å²) in [6, 6.07) is 3.70. The lowest BCUT2D eigenvalue weighted by molar-refractivity contribution is 0.614. The Balaban J connectivity index is 1.74. The average molecular weight is 239 g/mol. The maximum Gasteiger partial charge on any atom is 0.200 e. The molecular weight excluding hydrogens is 228 g/mol. The molecule has 2 heterocycles. The maximum absolute atomic E-state index is 5.90. The van der Waals surface area contributed by atoms with E-state index in [1.54, 1.807) is 0 Å². The second-order valence-electron chi connectivity index (χ2n) is 4.23. The number of hydrogen-bond donors (Lipinski definition) is 1. The van der Waals surface area contributed by atoms with E-state index in [-0.39, 0.29) is 5.41 Å². The summed E-state index contributed by atoms with van der Waals surface area (Å²) in [6.07, 6.45) is 2.38. The number of rotatable bonds is 4. The van der Waals surface area contributed by atoms with Gasteiger partial charge in [-0.1, -0.05) is 0 Å². The molecule has 1 aliphatic carbocycles. The zero-order valence-electron chi connectivity index (χ0n) is 8.60. The molecule has 7 heteroatoms. The summed E-state index contributed by atoms with van der Waals surface area (Å²) in [5.74, 6) is 1.48. The number of tetrazole rings is 1. The van der Waals surface area contributed by atoms with Crippen molar-refractivity contribution < 1.29 is 0 Å². The van der Waals surface area contributed by atoms with Gasteiger partial charge in [0.2, 0.25) is 0 Å². The molecular formula is C9H11ClN6. The van der Waals surface area contributed by atoms with Gasteiger partial charge in [0.1, 0.15) is 5.82 Å². The molecule has 1 fully saturated rings. The van der Waals surface area contributed by atoms with E-state index in [4.69, 9.17) is 11.6 Å². The van der Waals surface area contributed by atoms with Gasteiger partial charge in [-0.3, -0.25) is 0 Å². The van der Waals surface area contributed by atoms with Crippen LogP contribution in [-0.4, -0.2) is 37.7 Å². The molecule has 1 N–H and O–H groups in total. The van der Waals surface area contributed by atoms with E-state index in [1.165, 1.54) is 17.5 Å². The number of anilines is 1. The standard InChI is InChI=1S/C9H11ClN6/c10-5-9(3-4-9)6-11-7-1-2-8-12-14-15-16(8)13-7/h1-2H,3-6H2,(H,11,13). The summed E-state index contributed by atoms with van der Waals surface area (Å²) in [5.41, 5.74) is 0.919.